The minimum Gasteiger partial charge on any atom is -0.491 e. The van der Waals surface area contributed by atoms with Gasteiger partial charge in [0.2, 0.25) is 0 Å². The molecule has 3 rings (SSSR count). The number of benzene rings is 3. The van der Waals surface area contributed by atoms with Crippen molar-refractivity contribution in [3.8, 4) is 16.9 Å². The van der Waals surface area contributed by atoms with E-state index in [4.69, 9.17) is 9.47 Å². The van der Waals surface area contributed by atoms with Crippen LogP contribution in [0.4, 0.5) is 0 Å². The van der Waals surface area contributed by atoms with Crippen molar-refractivity contribution in [2.75, 3.05) is 13.2 Å². The van der Waals surface area contributed by atoms with E-state index in [1.807, 2.05) is 42.5 Å². The fraction of sp³-hybridized carbons (Fsp3) is 0.143. The smallest absolute Gasteiger partial charge is 0.119 e. The van der Waals surface area contributed by atoms with Crippen LogP contribution in [0.2, 0.25) is 0 Å². The Hall–Kier alpha value is -2.10. The number of hydrogen-bond donors (Lipinski definition) is 0. The molecule has 0 unspecified atom stereocenters. The van der Waals surface area contributed by atoms with Crippen LogP contribution >= 0.6 is 15.9 Å². The van der Waals surface area contributed by atoms with Gasteiger partial charge in [-0.1, -0.05) is 70.5 Å². The molecule has 0 aromatic heterocycles. The fourth-order valence-corrected chi connectivity index (χ4v) is 2.63. The van der Waals surface area contributed by atoms with Crippen molar-refractivity contribution >= 4 is 15.9 Å². The molecule has 0 atom stereocenters. The number of hydrogen-bond acceptors (Lipinski definition) is 2. The molecule has 0 saturated heterocycles. The van der Waals surface area contributed by atoms with Crippen LogP contribution in [0.25, 0.3) is 11.1 Å². The third-order valence-corrected chi connectivity index (χ3v) is 4.17. The van der Waals surface area contributed by atoms with Crippen LogP contribution in [0.1, 0.15) is 5.56 Å². The maximum absolute atomic E-state index is 5.72. The molecule has 0 aliphatic carbocycles. The van der Waals surface area contributed by atoms with E-state index in [0.29, 0.717) is 19.8 Å². The van der Waals surface area contributed by atoms with Crippen molar-refractivity contribution in [1.82, 2.24) is 0 Å². The van der Waals surface area contributed by atoms with Gasteiger partial charge in [0.15, 0.2) is 0 Å². The predicted molar refractivity (Wildman–Crippen MR) is 101 cm³/mol. The minimum atomic E-state index is 0.546. The summed E-state index contributed by atoms with van der Waals surface area (Å²) in [6.45, 7) is 1.74. The molecular formula is C21H19BrO2. The summed E-state index contributed by atoms with van der Waals surface area (Å²) in [7, 11) is 0. The summed E-state index contributed by atoms with van der Waals surface area (Å²) >= 11 is 3.45. The van der Waals surface area contributed by atoms with Gasteiger partial charge in [0.1, 0.15) is 12.4 Å². The van der Waals surface area contributed by atoms with Crippen LogP contribution in [0.3, 0.4) is 0 Å². The van der Waals surface area contributed by atoms with Gasteiger partial charge in [-0.3, -0.25) is 0 Å². The van der Waals surface area contributed by atoms with Gasteiger partial charge in [-0.25, -0.2) is 0 Å². The van der Waals surface area contributed by atoms with Gasteiger partial charge in [-0.05, 0) is 41.0 Å². The molecule has 0 aliphatic rings. The topological polar surface area (TPSA) is 18.5 Å². The lowest BCUT2D eigenvalue weighted by molar-refractivity contribution is 0.0889. The van der Waals surface area contributed by atoms with Crippen LogP contribution in [0.5, 0.6) is 5.75 Å². The predicted octanol–water partition coefficient (Wildman–Crippen LogP) is 5.71. The summed E-state index contributed by atoms with van der Waals surface area (Å²) in [4.78, 5) is 0. The molecule has 3 heteroatoms. The van der Waals surface area contributed by atoms with Crippen LogP contribution in [0, 0.1) is 0 Å². The molecule has 2 nitrogen and oxygen atoms in total. The largest absolute Gasteiger partial charge is 0.491 e. The van der Waals surface area contributed by atoms with Gasteiger partial charge in [-0.2, -0.15) is 0 Å². The summed E-state index contributed by atoms with van der Waals surface area (Å²) in [6, 6.07) is 26.6. The van der Waals surface area contributed by atoms with Crippen molar-refractivity contribution in [1.29, 1.82) is 0 Å². The highest BCUT2D eigenvalue weighted by Crippen LogP contribution is 2.24. The Morgan fingerprint density at radius 2 is 1.29 bits per heavy atom. The number of ether oxygens (including phenoxy) is 2. The number of rotatable bonds is 7. The molecule has 0 heterocycles. The first-order chi connectivity index (χ1) is 11.8. The summed E-state index contributed by atoms with van der Waals surface area (Å²) in [6.07, 6.45) is 0. The Labute approximate surface area is 151 Å². The summed E-state index contributed by atoms with van der Waals surface area (Å²) < 4.78 is 12.4. The molecule has 0 bridgehead atoms. The lowest BCUT2D eigenvalue weighted by Gasteiger charge is -2.08. The summed E-state index contributed by atoms with van der Waals surface area (Å²) in [5.41, 5.74) is 3.54. The van der Waals surface area contributed by atoms with E-state index in [9.17, 15) is 0 Å². The zero-order valence-electron chi connectivity index (χ0n) is 13.3. The number of halogens is 1. The average Bonchev–Trinajstić information content (AvgIpc) is 2.64. The maximum atomic E-state index is 5.72. The summed E-state index contributed by atoms with van der Waals surface area (Å²) in [5.74, 6) is 0.860. The Kier molecular flexibility index (Phi) is 6.05. The zero-order valence-corrected chi connectivity index (χ0v) is 14.9. The normalized spacial score (nSPS) is 10.5. The first-order valence-electron chi connectivity index (χ1n) is 7.92. The summed E-state index contributed by atoms with van der Waals surface area (Å²) in [5, 5.41) is 0. The van der Waals surface area contributed by atoms with Gasteiger partial charge in [0, 0.05) is 4.47 Å². The molecule has 0 N–H and O–H groups in total. The van der Waals surface area contributed by atoms with Gasteiger partial charge >= 0.3 is 0 Å². The first-order valence-corrected chi connectivity index (χ1v) is 8.71. The Morgan fingerprint density at radius 1 is 0.667 bits per heavy atom. The SMILES string of the molecule is Brc1ccc(-c2ccc(OCCOCc3ccccc3)cc2)cc1. The van der Waals surface area contributed by atoms with E-state index in [1.165, 1.54) is 16.7 Å². The maximum Gasteiger partial charge on any atom is 0.119 e. The van der Waals surface area contributed by atoms with E-state index in [1.54, 1.807) is 0 Å². The van der Waals surface area contributed by atoms with E-state index < -0.39 is 0 Å². The second-order valence-corrected chi connectivity index (χ2v) is 6.33. The van der Waals surface area contributed by atoms with E-state index in [2.05, 4.69) is 52.3 Å². The van der Waals surface area contributed by atoms with Crippen molar-refractivity contribution in [2.45, 2.75) is 6.61 Å². The highest BCUT2D eigenvalue weighted by atomic mass is 79.9. The third-order valence-electron chi connectivity index (χ3n) is 3.64. The van der Waals surface area contributed by atoms with Crippen LogP contribution in [-0.4, -0.2) is 13.2 Å². The molecule has 24 heavy (non-hydrogen) atoms. The molecular weight excluding hydrogens is 364 g/mol. The van der Waals surface area contributed by atoms with Gasteiger partial charge in [0.05, 0.1) is 13.2 Å². The quantitative estimate of drug-likeness (QED) is 0.487. The van der Waals surface area contributed by atoms with E-state index >= 15 is 0 Å². The lowest BCUT2D eigenvalue weighted by Crippen LogP contribution is -2.06. The average molecular weight is 383 g/mol. The Morgan fingerprint density at radius 3 is 1.96 bits per heavy atom. The standard InChI is InChI=1S/C21H19BrO2/c22-20-10-6-18(7-11-20)19-8-12-21(13-9-19)24-15-14-23-16-17-4-2-1-3-5-17/h1-13H,14-16H2. The molecule has 122 valence electrons. The monoisotopic (exact) mass is 382 g/mol. The highest BCUT2D eigenvalue weighted by molar-refractivity contribution is 9.10. The van der Waals surface area contributed by atoms with Gasteiger partial charge in [-0.15, -0.1) is 0 Å². The molecule has 0 radical (unpaired) electrons. The molecule has 3 aromatic carbocycles. The fourth-order valence-electron chi connectivity index (χ4n) is 2.37. The van der Waals surface area contributed by atoms with Crippen molar-refractivity contribution in [2.24, 2.45) is 0 Å². The van der Waals surface area contributed by atoms with Crippen molar-refractivity contribution in [3.05, 3.63) is 88.9 Å². The second kappa shape index (κ2) is 8.67. The zero-order chi connectivity index (χ0) is 16.6. The molecule has 0 aliphatic heterocycles. The van der Waals surface area contributed by atoms with Gasteiger partial charge < -0.3 is 9.47 Å². The molecule has 0 spiro atoms. The van der Waals surface area contributed by atoms with Crippen molar-refractivity contribution in [3.63, 3.8) is 0 Å². The third kappa shape index (κ3) is 4.95. The Balaban J connectivity index is 1.44. The molecule has 0 saturated carbocycles. The molecule has 3 aromatic rings. The van der Waals surface area contributed by atoms with Crippen LogP contribution in [0.15, 0.2) is 83.3 Å². The van der Waals surface area contributed by atoms with Crippen LogP contribution in [-0.2, 0) is 11.3 Å². The first kappa shape index (κ1) is 16.7. The molecule has 0 amide bonds. The lowest BCUT2D eigenvalue weighted by atomic mass is 10.1. The Bertz CT molecular complexity index is 737. The van der Waals surface area contributed by atoms with E-state index in [0.717, 1.165) is 10.2 Å². The minimum absolute atomic E-state index is 0.546. The van der Waals surface area contributed by atoms with Crippen molar-refractivity contribution < 1.29 is 9.47 Å². The molecule has 0 fully saturated rings. The highest BCUT2D eigenvalue weighted by Gasteiger charge is 1.99. The van der Waals surface area contributed by atoms with E-state index in [-0.39, 0.29) is 0 Å². The van der Waals surface area contributed by atoms with Gasteiger partial charge in [0.25, 0.3) is 0 Å². The van der Waals surface area contributed by atoms with Crippen LogP contribution < -0.4 is 4.74 Å². The second-order valence-electron chi connectivity index (χ2n) is 5.42.